The fraction of sp³-hybridized carbons (Fsp3) is 0.615. The second kappa shape index (κ2) is 16.2. The fourth-order valence-electron chi connectivity index (χ4n) is 7.92. The number of alkyl halides is 3. The van der Waals surface area contributed by atoms with E-state index in [1.807, 2.05) is 16.9 Å². The van der Waals surface area contributed by atoms with E-state index in [0.717, 1.165) is 87.2 Å². The van der Waals surface area contributed by atoms with E-state index in [0.29, 0.717) is 36.8 Å². The molecule has 0 radical (unpaired) electrons. The zero-order valence-corrected chi connectivity index (χ0v) is 29.3. The van der Waals surface area contributed by atoms with Crippen molar-refractivity contribution in [2.45, 2.75) is 122 Å². The summed E-state index contributed by atoms with van der Waals surface area (Å²) in [6.07, 6.45) is 8.96. The molecule has 1 aliphatic carbocycles. The first kappa shape index (κ1) is 36.2. The van der Waals surface area contributed by atoms with Crippen molar-refractivity contribution in [3.8, 4) is 11.5 Å². The second-order valence-electron chi connectivity index (χ2n) is 14.7. The number of halogens is 3. The normalized spacial score (nSPS) is 19.8. The van der Waals surface area contributed by atoms with Gasteiger partial charge in [0.2, 0.25) is 0 Å². The number of likely N-dealkylation sites (tertiary alicyclic amines) is 1. The van der Waals surface area contributed by atoms with Gasteiger partial charge in [0.25, 0.3) is 0 Å². The van der Waals surface area contributed by atoms with Crippen LogP contribution in [0.15, 0.2) is 42.6 Å². The van der Waals surface area contributed by atoms with Crippen LogP contribution < -0.4 is 9.47 Å². The average Bonchev–Trinajstić information content (AvgIpc) is 3.82. The monoisotopic (exact) mass is 696 g/mol. The molecule has 3 atom stereocenters. The smallest absolute Gasteiger partial charge is 0.490 e. The molecule has 3 aliphatic rings. The Labute approximate surface area is 293 Å². The third-order valence-corrected chi connectivity index (χ3v) is 10.9. The summed E-state index contributed by atoms with van der Waals surface area (Å²) in [6.45, 7) is 6.72. The second-order valence-corrected chi connectivity index (χ2v) is 14.7. The lowest BCUT2D eigenvalue weighted by Crippen LogP contribution is -2.40. The SMILES string of the molecule is CCCCCCn1cc(CCc2ccc(OC(F)(F)F)c(CN3CCC(C4CCc5ccc([C@H](C6CC6)[C@H](C)C(=O)O)cc5O4)CC3)c2)nn1. The van der Waals surface area contributed by atoms with Gasteiger partial charge >= 0.3 is 12.3 Å². The number of aryl methyl sites for hydroxylation is 4. The van der Waals surface area contributed by atoms with E-state index in [4.69, 9.17) is 4.74 Å². The first-order valence-electron chi connectivity index (χ1n) is 18.6. The maximum absolute atomic E-state index is 13.4. The number of rotatable bonds is 16. The van der Waals surface area contributed by atoms with Crippen LogP contribution in [0.3, 0.4) is 0 Å². The molecule has 2 aliphatic heterocycles. The van der Waals surface area contributed by atoms with Crippen molar-refractivity contribution < 1.29 is 32.5 Å². The number of unbranched alkanes of at least 4 members (excludes halogenated alkanes) is 3. The van der Waals surface area contributed by atoms with Crippen LogP contribution in [0.5, 0.6) is 11.5 Å². The minimum atomic E-state index is -4.77. The standard InChI is InChI=1S/C39H51F3N4O4/c1-3-4-5-6-19-46-25-33(43-44-46)14-7-27-8-15-35(50-39(40,41)42)32(22-27)24-45-20-17-29(18-21-45)34-16-13-28-9-12-31(23-36(28)49-34)37(30-10-11-30)26(2)38(47)48/h8-9,12,15,22-23,25-26,29-30,34,37H,3-7,10-11,13-14,16-21,24H2,1-2H3,(H,47,48)/t26-,34?,37-/m0/s1. The Morgan fingerprint density at radius 3 is 2.56 bits per heavy atom. The van der Waals surface area contributed by atoms with E-state index in [1.165, 1.54) is 30.9 Å². The van der Waals surface area contributed by atoms with Crippen molar-refractivity contribution in [3.05, 3.63) is 70.5 Å². The lowest BCUT2D eigenvalue weighted by molar-refractivity contribution is -0.275. The van der Waals surface area contributed by atoms with Crippen molar-refractivity contribution in [1.29, 1.82) is 0 Å². The molecular formula is C39H51F3N4O4. The Balaban J connectivity index is 1.05. The molecule has 3 heterocycles. The molecule has 2 fully saturated rings. The highest BCUT2D eigenvalue weighted by atomic mass is 19.4. The molecule has 3 aromatic rings. The number of aliphatic carboxylic acids is 1. The van der Waals surface area contributed by atoms with Crippen molar-refractivity contribution in [2.24, 2.45) is 17.8 Å². The van der Waals surface area contributed by atoms with E-state index in [2.05, 4.69) is 45.1 Å². The van der Waals surface area contributed by atoms with E-state index in [9.17, 15) is 23.1 Å². The number of fused-ring (bicyclic) bond motifs is 1. The first-order chi connectivity index (χ1) is 24.1. The summed E-state index contributed by atoms with van der Waals surface area (Å²) in [5, 5.41) is 18.3. The molecule has 1 unspecified atom stereocenters. The highest BCUT2D eigenvalue weighted by molar-refractivity contribution is 5.71. The average molecular weight is 697 g/mol. The molecule has 0 spiro atoms. The first-order valence-corrected chi connectivity index (χ1v) is 18.6. The molecule has 8 nitrogen and oxygen atoms in total. The van der Waals surface area contributed by atoms with Crippen molar-refractivity contribution in [3.63, 3.8) is 0 Å². The van der Waals surface area contributed by atoms with E-state index < -0.39 is 18.2 Å². The number of carbonyl (C=O) groups is 1. The summed E-state index contributed by atoms with van der Waals surface area (Å²) in [5.41, 5.74) is 4.58. The largest absolute Gasteiger partial charge is 0.573 e. The summed E-state index contributed by atoms with van der Waals surface area (Å²) in [6, 6.07) is 11.3. The van der Waals surface area contributed by atoms with Crippen LogP contribution in [0.4, 0.5) is 13.2 Å². The van der Waals surface area contributed by atoms with Crippen LogP contribution in [0.1, 0.15) is 106 Å². The predicted molar refractivity (Wildman–Crippen MR) is 184 cm³/mol. The van der Waals surface area contributed by atoms with Gasteiger partial charge in [-0.25, -0.2) is 0 Å². The van der Waals surface area contributed by atoms with Gasteiger partial charge in [-0.1, -0.05) is 62.6 Å². The molecule has 0 amide bonds. The Kier molecular flexibility index (Phi) is 11.7. The number of benzene rings is 2. The van der Waals surface area contributed by atoms with Gasteiger partial charge in [-0.05, 0) is 117 Å². The van der Waals surface area contributed by atoms with Crippen LogP contribution in [0.25, 0.3) is 0 Å². The molecule has 1 N–H and O–H groups in total. The minimum Gasteiger partial charge on any atom is -0.490 e. The molecule has 0 bridgehead atoms. The van der Waals surface area contributed by atoms with Crippen molar-refractivity contribution >= 4 is 5.97 Å². The summed E-state index contributed by atoms with van der Waals surface area (Å²) in [7, 11) is 0. The maximum Gasteiger partial charge on any atom is 0.573 e. The fourth-order valence-corrected chi connectivity index (χ4v) is 7.92. The van der Waals surface area contributed by atoms with Crippen molar-refractivity contribution in [1.82, 2.24) is 19.9 Å². The summed E-state index contributed by atoms with van der Waals surface area (Å²) < 4.78 is 53.0. The summed E-state index contributed by atoms with van der Waals surface area (Å²) >= 11 is 0. The molecule has 272 valence electrons. The van der Waals surface area contributed by atoms with Gasteiger partial charge in [0.05, 0.1) is 11.6 Å². The zero-order chi connectivity index (χ0) is 35.3. The van der Waals surface area contributed by atoms with Gasteiger partial charge in [-0.3, -0.25) is 14.4 Å². The molecule has 11 heteroatoms. The lowest BCUT2D eigenvalue weighted by atomic mass is 9.81. The van der Waals surface area contributed by atoms with E-state index in [1.54, 1.807) is 13.0 Å². The van der Waals surface area contributed by atoms with Gasteiger partial charge in [-0.2, -0.15) is 0 Å². The van der Waals surface area contributed by atoms with Crippen LogP contribution in [-0.2, 0) is 37.1 Å². The number of nitrogens with zero attached hydrogens (tertiary/aromatic N) is 4. The molecule has 1 saturated carbocycles. The summed E-state index contributed by atoms with van der Waals surface area (Å²) in [5.74, 6) is 0.281. The van der Waals surface area contributed by atoms with Gasteiger partial charge < -0.3 is 14.6 Å². The third-order valence-electron chi connectivity index (χ3n) is 10.9. The van der Waals surface area contributed by atoms with Crippen LogP contribution in [0.2, 0.25) is 0 Å². The number of hydrogen-bond donors (Lipinski definition) is 1. The Bertz CT molecular complexity index is 1580. The number of carboxylic acids is 1. The third kappa shape index (κ3) is 9.59. The zero-order valence-electron chi connectivity index (χ0n) is 29.3. The number of hydrogen-bond acceptors (Lipinski definition) is 6. The number of carboxylic acid groups (broad SMARTS) is 1. The van der Waals surface area contributed by atoms with Gasteiger partial charge in [-0.15, -0.1) is 18.3 Å². The lowest BCUT2D eigenvalue weighted by Gasteiger charge is -2.38. The van der Waals surface area contributed by atoms with Gasteiger partial charge in [0.1, 0.15) is 17.6 Å². The highest BCUT2D eigenvalue weighted by Crippen LogP contribution is 2.48. The number of aromatic nitrogens is 3. The van der Waals surface area contributed by atoms with Crippen LogP contribution >= 0.6 is 0 Å². The quantitative estimate of drug-likeness (QED) is 0.151. The highest BCUT2D eigenvalue weighted by Gasteiger charge is 2.40. The molecular weight excluding hydrogens is 645 g/mol. The Morgan fingerprint density at radius 2 is 1.84 bits per heavy atom. The topological polar surface area (TPSA) is 89.7 Å². The Hall–Kier alpha value is -3.60. The predicted octanol–water partition coefficient (Wildman–Crippen LogP) is 8.36. The van der Waals surface area contributed by atoms with E-state index >= 15 is 0 Å². The maximum atomic E-state index is 13.4. The molecule has 1 saturated heterocycles. The number of ether oxygens (including phenoxy) is 2. The molecule has 6 rings (SSSR count). The van der Waals surface area contributed by atoms with Crippen LogP contribution in [-0.4, -0.2) is 56.5 Å². The summed E-state index contributed by atoms with van der Waals surface area (Å²) in [4.78, 5) is 14.1. The Morgan fingerprint density at radius 1 is 1.04 bits per heavy atom. The van der Waals surface area contributed by atoms with Gasteiger partial charge in [0, 0.05) is 24.8 Å². The van der Waals surface area contributed by atoms with E-state index in [-0.39, 0.29) is 17.8 Å². The minimum absolute atomic E-state index is 0.00415. The molecule has 50 heavy (non-hydrogen) atoms. The number of piperidine rings is 1. The van der Waals surface area contributed by atoms with Gasteiger partial charge in [0.15, 0.2) is 0 Å². The van der Waals surface area contributed by atoms with Crippen molar-refractivity contribution in [2.75, 3.05) is 13.1 Å². The molecule has 2 aromatic carbocycles. The molecule has 1 aromatic heterocycles. The van der Waals surface area contributed by atoms with Crippen LogP contribution in [0, 0.1) is 17.8 Å².